The third-order valence-electron chi connectivity index (χ3n) is 2.56. The van der Waals surface area contributed by atoms with Crippen LogP contribution in [0.25, 0.3) is 0 Å². The van der Waals surface area contributed by atoms with Crippen molar-refractivity contribution in [1.29, 1.82) is 0 Å². The quantitative estimate of drug-likeness (QED) is 0.704. The standard InChI is InChI=1S/C8H14N4OS/c1-5-4-12(3-2-6(5)13)8-10-7(9)11-14-8/h5-6,13H,2-4H2,1H3,(H2,9,11). The summed E-state index contributed by atoms with van der Waals surface area (Å²) in [5.74, 6) is 0.623. The van der Waals surface area contributed by atoms with E-state index in [2.05, 4.69) is 14.3 Å². The van der Waals surface area contributed by atoms with Gasteiger partial charge in [-0.2, -0.15) is 9.36 Å². The van der Waals surface area contributed by atoms with Gasteiger partial charge in [0.05, 0.1) is 6.10 Å². The summed E-state index contributed by atoms with van der Waals surface area (Å²) in [6.07, 6.45) is 0.609. The van der Waals surface area contributed by atoms with Gasteiger partial charge >= 0.3 is 0 Å². The second-order valence-corrected chi connectivity index (χ2v) is 4.44. The lowest BCUT2D eigenvalue weighted by molar-refractivity contribution is 0.0971. The van der Waals surface area contributed by atoms with Gasteiger partial charge < -0.3 is 15.7 Å². The molecule has 0 spiro atoms. The highest BCUT2D eigenvalue weighted by atomic mass is 32.1. The van der Waals surface area contributed by atoms with Crippen LogP contribution < -0.4 is 10.6 Å². The smallest absolute Gasteiger partial charge is 0.233 e. The number of nitrogen functional groups attached to an aromatic ring is 1. The molecule has 2 rings (SSSR count). The fourth-order valence-corrected chi connectivity index (χ4v) is 2.29. The van der Waals surface area contributed by atoms with Crippen molar-refractivity contribution >= 4 is 22.6 Å². The van der Waals surface area contributed by atoms with Crippen molar-refractivity contribution in [1.82, 2.24) is 9.36 Å². The van der Waals surface area contributed by atoms with Gasteiger partial charge in [0, 0.05) is 24.6 Å². The van der Waals surface area contributed by atoms with Crippen LogP contribution in [-0.2, 0) is 0 Å². The maximum absolute atomic E-state index is 9.56. The molecule has 2 unspecified atom stereocenters. The Labute approximate surface area is 86.7 Å². The van der Waals surface area contributed by atoms with Crippen LogP contribution in [0.4, 0.5) is 11.1 Å². The Morgan fingerprint density at radius 1 is 1.64 bits per heavy atom. The van der Waals surface area contributed by atoms with E-state index in [4.69, 9.17) is 5.73 Å². The minimum Gasteiger partial charge on any atom is -0.393 e. The average Bonchev–Trinajstić information content (AvgIpc) is 2.57. The van der Waals surface area contributed by atoms with Crippen molar-refractivity contribution < 1.29 is 5.11 Å². The molecule has 0 radical (unpaired) electrons. The highest BCUT2D eigenvalue weighted by Gasteiger charge is 2.25. The second-order valence-electron chi connectivity index (χ2n) is 3.71. The molecule has 0 bridgehead atoms. The molecule has 0 aliphatic carbocycles. The van der Waals surface area contributed by atoms with Crippen LogP contribution in [0.3, 0.4) is 0 Å². The predicted molar refractivity (Wildman–Crippen MR) is 56.3 cm³/mol. The molecule has 1 fully saturated rings. The third-order valence-corrected chi connectivity index (χ3v) is 3.35. The van der Waals surface area contributed by atoms with Crippen LogP contribution in [-0.4, -0.2) is 33.7 Å². The SMILES string of the molecule is CC1CN(c2nc(N)ns2)CCC1O. The minimum absolute atomic E-state index is 0.184. The molecule has 0 aromatic carbocycles. The van der Waals surface area contributed by atoms with E-state index in [9.17, 15) is 5.11 Å². The molecule has 1 aliphatic heterocycles. The molecule has 1 aliphatic rings. The van der Waals surface area contributed by atoms with Crippen LogP contribution in [0.1, 0.15) is 13.3 Å². The number of anilines is 2. The molecule has 0 saturated carbocycles. The molecule has 5 nitrogen and oxygen atoms in total. The van der Waals surface area contributed by atoms with Crippen molar-refractivity contribution in [2.75, 3.05) is 23.7 Å². The number of aliphatic hydroxyl groups is 1. The van der Waals surface area contributed by atoms with Gasteiger partial charge in [-0.1, -0.05) is 6.92 Å². The lowest BCUT2D eigenvalue weighted by Gasteiger charge is -2.33. The van der Waals surface area contributed by atoms with E-state index in [1.54, 1.807) is 0 Å². The van der Waals surface area contributed by atoms with Gasteiger partial charge in [-0.05, 0) is 12.3 Å². The summed E-state index contributed by atoms with van der Waals surface area (Å²) in [4.78, 5) is 6.25. The second kappa shape index (κ2) is 3.70. The number of nitrogens with two attached hydrogens (primary N) is 1. The number of rotatable bonds is 1. The highest BCUT2D eigenvalue weighted by Crippen LogP contribution is 2.24. The number of nitrogens with zero attached hydrogens (tertiary/aromatic N) is 3. The molecular formula is C8H14N4OS. The molecule has 2 atom stereocenters. The normalized spacial score (nSPS) is 28.0. The largest absolute Gasteiger partial charge is 0.393 e. The molecular weight excluding hydrogens is 200 g/mol. The molecule has 1 aromatic rings. The van der Waals surface area contributed by atoms with E-state index in [-0.39, 0.29) is 12.0 Å². The first kappa shape index (κ1) is 9.67. The average molecular weight is 214 g/mol. The van der Waals surface area contributed by atoms with Crippen LogP contribution in [0, 0.1) is 5.92 Å². The predicted octanol–water partition coefficient (Wildman–Crippen LogP) is 0.327. The van der Waals surface area contributed by atoms with E-state index in [0.717, 1.165) is 24.6 Å². The maximum Gasteiger partial charge on any atom is 0.233 e. The number of aliphatic hydroxyl groups excluding tert-OH is 1. The lowest BCUT2D eigenvalue weighted by Crippen LogP contribution is -2.41. The Morgan fingerprint density at radius 2 is 2.43 bits per heavy atom. The molecule has 1 aromatic heterocycles. The lowest BCUT2D eigenvalue weighted by atomic mass is 9.97. The van der Waals surface area contributed by atoms with E-state index in [1.807, 2.05) is 6.92 Å². The molecule has 6 heteroatoms. The van der Waals surface area contributed by atoms with Crippen LogP contribution in [0.5, 0.6) is 0 Å². The summed E-state index contributed by atoms with van der Waals surface area (Å²) in [7, 11) is 0. The van der Waals surface area contributed by atoms with E-state index in [1.165, 1.54) is 11.5 Å². The zero-order valence-corrected chi connectivity index (χ0v) is 8.87. The van der Waals surface area contributed by atoms with Crippen LogP contribution in [0.15, 0.2) is 0 Å². The Morgan fingerprint density at radius 3 is 3.00 bits per heavy atom. The molecule has 3 N–H and O–H groups in total. The number of hydrogen-bond donors (Lipinski definition) is 2. The van der Waals surface area contributed by atoms with E-state index in [0.29, 0.717) is 5.95 Å². The van der Waals surface area contributed by atoms with E-state index < -0.39 is 0 Å². The van der Waals surface area contributed by atoms with Gasteiger partial charge in [-0.3, -0.25) is 0 Å². The van der Waals surface area contributed by atoms with Crippen molar-refractivity contribution in [2.24, 2.45) is 5.92 Å². The van der Waals surface area contributed by atoms with Crippen molar-refractivity contribution in [3.8, 4) is 0 Å². The zero-order chi connectivity index (χ0) is 10.1. The third kappa shape index (κ3) is 1.80. The number of hydrogen-bond acceptors (Lipinski definition) is 6. The van der Waals surface area contributed by atoms with Gasteiger partial charge in [0.15, 0.2) is 0 Å². The molecule has 0 amide bonds. The van der Waals surface area contributed by atoms with Gasteiger partial charge in [-0.15, -0.1) is 0 Å². The molecule has 2 heterocycles. The van der Waals surface area contributed by atoms with Gasteiger partial charge in [0.2, 0.25) is 11.1 Å². The van der Waals surface area contributed by atoms with Crippen LogP contribution >= 0.6 is 11.5 Å². The highest BCUT2D eigenvalue weighted by molar-refractivity contribution is 7.09. The number of aromatic nitrogens is 2. The monoisotopic (exact) mass is 214 g/mol. The minimum atomic E-state index is -0.184. The van der Waals surface area contributed by atoms with Gasteiger partial charge in [0.25, 0.3) is 0 Å². The molecule has 1 saturated heterocycles. The summed E-state index contributed by atoms with van der Waals surface area (Å²) in [6, 6.07) is 0. The number of piperidine rings is 1. The summed E-state index contributed by atoms with van der Waals surface area (Å²) < 4.78 is 3.94. The van der Waals surface area contributed by atoms with Crippen molar-refractivity contribution in [2.45, 2.75) is 19.4 Å². The Bertz CT molecular complexity index is 316. The summed E-state index contributed by atoms with van der Waals surface area (Å²) in [6.45, 7) is 3.71. The Hall–Kier alpha value is -0.880. The summed E-state index contributed by atoms with van der Waals surface area (Å²) >= 11 is 1.32. The Kier molecular flexibility index (Phi) is 2.56. The summed E-state index contributed by atoms with van der Waals surface area (Å²) in [5, 5.41) is 10.4. The molecule has 78 valence electrons. The zero-order valence-electron chi connectivity index (χ0n) is 8.05. The maximum atomic E-state index is 9.56. The Balaban J connectivity index is 2.06. The van der Waals surface area contributed by atoms with Gasteiger partial charge in [-0.25, -0.2) is 0 Å². The first-order valence-electron chi connectivity index (χ1n) is 4.69. The van der Waals surface area contributed by atoms with Gasteiger partial charge in [0.1, 0.15) is 0 Å². The first-order chi connectivity index (χ1) is 6.66. The fourth-order valence-electron chi connectivity index (χ4n) is 1.66. The van der Waals surface area contributed by atoms with Crippen LogP contribution in [0.2, 0.25) is 0 Å². The first-order valence-corrected chi connectivity index (χ1v) is 5.46. The molecule has 14 heavy (non-hydrogen) atoms. The fraction of sp³-hybridized carbons (Fsp3) is 0.750. The van der Waals surface area contributed by atoms with Crippen molar-refractivity contribution in [3.63, 3.8) is 0 Å². The topological polar surface area (TPSA) is 75.3 Å². The van der Waals surface area contributed by atoms with Crippen molar-refractivity contribution in [3.05, 3.63) is 0 Å². The van der Waals surface area contributed by atoms with E-state index >= 15 is 0 Å². The summed E-state index contributed by atoms with van der Waals surface area (Å²) in [5.41, 5.74) is 5.46.